The van der Waals surface area contributed by atoms with E-state index in [4.69, 9.17) is 5.11 Å². The fraction of sp³-hybridized carbons (Fsp3) is 0.467. The van der Waals surface area contributed by atoms with Crippen LogP contribution in [0.3, 0.4) is 0 Å². The highest BCUT2D eigenvalue weighted by atomic mass is 79.9. The number of hydrogen-bond donors (Lipinski definition) is 1. The smallest absolute Gasteiger partial charge is 0.305 e. The molecule has 4 nitrogen and oxygen atoms in total. The summed E-state index contributed by atoms with van der Waals surface area (Å²) in [5, 5.41) is 8.79. The maximum Gasteiger partial charge on any atom is 0.305 e. The van der Waals surface area contributed by atoms with Crippen LogP contribution in [0, 0.1) is 5.92 Å². The van der Waals surface area contributed by atoms with Gasteiger partial charge < -0.3 is 10.0 Å². The molecule has 0 aliphatic carbocycles. The van der Waals surface area contributed by atoms with Crippen molar-refractivity contribution in [3.63, 3.8) is 0 Å². The van der Waals surface area contributed by atoms with E-state index in [1.54, 1.807) is 4.90 Å². The highest BCUT2D eigenvalue weighted by molar-refractivity contribution is 9.10. The minimum Gasteiger partial charge on any atom is -0.481 e. The second-order valence-electron chi connectivity index (χ2n) is 5.19. The first-order valence-electron chi connectivity index (χ1n) is 6.62. The van der Waals surface area contributed by atoms with Crippen molar-refractivity contribution in [2.24, 2.45) is 5.92 Å². The van der Waals surface area contributed by atoms with Crippen LogP contribution in [-0.2, 0) is 16.1 Å². The molecule has 0 spiro atoms. The Labute approximate surface area is 127 Å². The lowest BCUT2D eigenvalue weighted by Crippen LogP contribution is -2.33. The lowest BCUT2D eigenvalue weighted by Gasteiger charge is -2.23. The summed E-state index contributed by atoms with van der Waals surface area (Å²) < 4.78 is 0.949. The molecule has 0 saturated carbocycles. The number of aliphatic carboxylic acids is 1. The van der Waals surface area contributed by atoms with Crippen LogP contribution in [-0.4, -0.2) is 28.4 Å². The molecule has 0 aliphatic heterocycles. The quantitative estimate of drug-likeness (QED) is 0.827. The van der Waals surface area contributed by atoms with E-state index in [9.17, 15) is 9.59 Å². The Morgan fingerprint density at radius 3 is 2.60 bits per heavy atom. The molecule has 0 radical (unpaired) electrons. The number of carbonyl (C=O) groups is 2. The number of carboxylic acids is 1. The first-order chi connectivity index (χ1) is 9.38. The number of carboxylic acid groups (broad SMARTS) is 1. The average molecular weight is 342 g/mol. The molecule has 1 rings (SSSR count). The van der Waals surface area contributed by atoms with Gasteiger partial charge in [0, 0.05) is 24.0 Å². The van der Waals surface area contributed by atoms with Gasteiger partial charge in [-0.3, -0.25) is 9.59 Å². The fourth-order valence-electron chi connectivity index (χ4n) is 1.86. The van der Waals surface area contributed by atoms with Crippen LogP contribution in [0.15, 0.2) is 28.7 Å². The van der Waals surface area contributed by atoms with Crippen molar-refractivity contribution in [3.05, 3.63) is 34.3 Å². The standard InChI is InChI=1S/C15H20BrNO3/c1-11(2)8-14(18)17(7-6-15(19)20)10-12-4-3-5-13(16)9-12/h3-5,9,11H,6-8,10H2,1-2H3,(H,19,20). The van der Waals surface area contributed by atoms with E-state index in [-0.39, 0.29) is 24.8 Å². The number of hydrogen-bond acceptors (Lipinski definition) is 2. The van der Waals surface area contributed by atoms with Crippen LogP contribution in [0.4, 0.5) is 0 Å². The average Bonchev–Trinajstić information content (AvgIpc) is 2.33. The van der Waals surface area contributed by atoms with Crippen molar-refractivity contribution in [2.45, 2.75) is 33.2 Å². The summed E-state index contributed by atoms with van der Waals surface area (Å²) in [6, 6.07) is 7.69. The maximum absolute atomic E-state index is 12.2. The molecule has 1 aromatic carbocycles. The second kappa shape index (κ2) is 8.04. The van der Waals surface area contributed by atoms with Gasteiger partial charge in [-0.2, -0.15) is 0 Å². The zero-order valence-corrected chi connectivity index (χ0v) is 13.4. The number of nitrogens with zero attached hydrogens (tertiary/aromatic N) is 1. The Balaban J connectivity index is 2.75. The summed E-state index contributed by atoms with van der Waals surface area (Å²) in [5.74, 6) is -0.625. The zero-order chi connectivity index (χ0) is 15.1. The van der Waals surface area contributed by atoms with Crippen LogP contribution in [0.1, 0.15) is 32.3 Å². The van der Waals surface area contributed by atoms with Crippen LogP contribution >= 0.6 is 15.9 Å². The first kappa shape index (κ1) is 16.7. The predicted octanol–water partition coefficient (Wildman–Crippen LogP) is 3.30. The molecule has 0 bridgehead atoms. The molecule has 1 aromatic rings. The van der Waals surface area contributed by atoms with Gasteiger partial charge in [-0.05, 0) is 23.6 Å². The van der Waals surface area contributed by atoms with Gasteiger partial charge in [0.15, 0.2) is 0 Å². The Kier molecular flexibility index (Phi) is 6.71. The molecule has 110 valence electrons. The summed E-state index contributed by atoms with van der Waals surface area (Å²) in [5.41, 5.74) is 0.988. The topological polar surface area (TPSA) is 57.6 Å². The molecular weight excluding hydrogens is 322 g/mol. The molecule has 0 aromatic heterocycles. The molecular formula is C15H20BrNO3. The minimum atomic E-state index is -0.887. The Morgan fingerprint density at radius 1 is 1.35 bits per heavy atom. The van der Waals surface area contributed by atoms with Gasteiger partial charge in [-0.15, -0.1) is 0 Å². The van der Waals surface area contributed by atoms with E-state index in [0.29, 0.717) is 13.0 Å². The third-order valence-electron chi connectivity index (χ3n) is 2.79. The van der Waals surface area contributed by atoms with Crippen molar-refractivity contribution in [1.82, 2.24) is 4.90 Å². The van der Waals surface area contributed by atoms with Crippen LogP contribution in [0.5, 0.6) is 0 Å². The van der Waals surface area contributed by atoms with E-state index in [1.807, 2.05) is 38.1 Å². The summed E-state index contributed by atoms with van der Waals surface area (Å²) in [7, 11) is 0. The summed E-state index contributed by atoms with van der Waals surface area (Å²) in [6.45, 7) is 4.64. The number of benzene rings is 1. The summed E-state index contributed by atoms with van der Waals surface area (Å²) in [4.78, 5) is 24.5. The van der Waals surface area contributed by atoms with Crippen molar-refractivity contribution in [3.8, 4) is 0 Å². The molecule has 5 heteroatoms. The molecule has 1 amide bonds. The van der Waals surface area contributed by atoms with E-state index >= 15 is 0 Å². The molecule has 1 N–H and O–H groups in total. The van der Waals surface area contributed by atoms with E-state index in [2.05, 4.69) is 15.9 Å². The van der Waals surface area contributed by atoms with Gasteiger partial charge in [-0.1, -0.05) is 41.9 Å². The van der Waals surface area contributed by atoms with E-state index in [0.717, 1.165) is 10.0 Å². The molecule has 0 aliphatic rings. The van der Waals surface area contributed by atoms with Gasteiger partial charge in [0.2, 0.25) is 5.91 Å². The van der Waals surface area contributed by atoms with Gasteiger partial charge in [0.1, 0.15) is 0 Å². The van der Waals surface area contributed by atoms with Gasteiger partial charge in [0.25, 0.3) is 0 Å². The van der Waals surface area contributed by atoms with Crippen LogP contribution in [0.25, 0.3) is 0 Å². The summed E-state index contributed by atoms with van der Waals surface area (Å²) in [6.07, 6.45) is 0.408. The monoisotopic (exact) mass is 341 g/mol. The second-order valence-corrected chi connectivity index (χ2v) is 6.10. The SMILES string of the molecule is CC(C)CC(=O)N(CCC(=O)O)Cc1cccc(Br)c1. The lowest BCUT2D eigenvalue weighted by atomic mass is 10.1. The van der Waals surface area contributed by atoms with Gasteiger partial charge in [-0.25, -0.2) is 0 Å². The Hall–Kier alpha value is -1.36. The molecule has 0 fully saturated rings. The number of amides is 1. The van der Waals surface area contributed by atoms with E-state index in [1.165, 1.54) is 0 Å². The molecule has 0 atom stereocenters. The zero-order valence-electron chi connectivity index (χ0n) is 11.8. The number of halogens is 1. The third kappa shape index (κ3) is 6.19. The predicted molar refractivity (Wildman–Crippen MR) is 81.3 cm³/mol. The first-order valence-corrected chi connectivity index (χ1v) is 7.41. The van der Waals surface area contributed by atoms with Crippen molar-refractivity contribution in [1.29, 1.82) is 0 Å². The lowest BCUT2D eigenvalue weighted by molar-refractivity contribution is -0.138. The van der Waals surface area contributed by atoms with Gasteiger partial charge in [0.05, 0.1) is 6.42 Å². The Bertz CT molecular complexity index is 474. The minimum absolute atomic E-state index is 0.00113. The largest absolute Gasteiger partial charge is 0.481 e. The molecule has 0 saturated heterocycles. The number of rotatable bonds is 7. The fourth-order valence-corrected chi connectivity index (χ4v) is 2.30. The van der Waals surface area contributed by atoms with Crippen molar-refractivity contribution < 1.29 is 14.7 Å². The van der Waals surface area contributed by atoms with Gasteiger partial charge >= 0.3 is 5.97 Å². The normalized spacial score (nSPS) is 10.6. The molecule has 0 heterocycles. The summed E-state index contributed by atoms with van der Waals surface area (Å²) >= 11 is 3.39. The maximum atomic E-state index is 12.2. The third-order valence-corrected chi connectivity index (χ3v) is 3.29. The highest BCUT2D eigenvalue weighted by Gasteiger charge is 2.16. The highest BCUT2D eigenvalue weighted by Crippen LogP contribution is 2.15. The van der Waals surface area contributed by atoms with E-state index < -0.39 is 5.97 Å². The van der Waals surface area contributed by atoms with Crippen LogP contribution in [0.2, 0.25) is 0 Å². The van der Waals surface area contributed by atoms with Crippen LogP contribution < -0.4 is 0 Å². The van der Waals surface area contributed by atoms with Crippen molar-refractivity contribution in [2.75, 3.05) is 6.54 Å². The molecule has 20 heavy (non-hydrogen) atoms. The Morgan fingerprint density at radius 2 is 2.05 bits per heavy atom. The molecule has 0 unspecified atom stereocenters. The number of carbonyl (C=O) groups excluding carboxylic acids is 1. The van der Waals surface area contributed by atoms with Crippen molar-refractivity contribution >= 4 is 27.8 Å².